The molecule has 0 unspecified atom stereocenters. The van der Waals surface area contributed by atoms with Crippen molar-refractivity contribution in [1.82, 2.24) is 20.0 Å². The predicted molar refractivity (Wildman–Crippen MR) is 107 cm³/mol. The summed E-state index contributed by atoms with van der Waals surface area (Å²) < 4.78 is 16.6. The van der Waals surface area contributed by atoms with E-state index in [-0.39, 0.29) is 18.4 Å². The number of carbonyl (C=O) groups is 1. The minimum atomic E-state index is 0.0539. The average Bonchev–Trinajstić information content (AvgIpc) is 3.23. The van der Waals surface area contributed by atoms with Crippen molar-refractivity contribution in [1.29, 1.82) is 0 Å². The van der Waals surface area contributed by atoms with E-state index in [1.165, 1.54) is 0 Å². The summed E-state index contributed by atoms with van der Waals surface area (Å²) in [6.45, 7) is 5.12. The fraction of sp³-hybridized carbons (Fsp3) is 0.571. The number of hydrogen-bond acceptors (Lipinski definition) is 7. The highest BCUT2D eigenvalue weighted by atomic mass is 16.5. The number of benzene rings is 1. The van der Waals surface area contributed by atoms with Crippen LogP contribution in [0.3, 0.4) is 0 Å². The third-order valence-corrected chi connectivity index (χ3v) is 5.63. The number of rotatable bonds is 6. The van der Waals surface area contributed by atoms with Crippen LogP contribution in [0.2, 0.25) is 0 Å². The molecule has 4 rings (SSSR count). The van der Waals surface area contributed by atoms with Gasteiger partial charge >= 0.3 is 0 Å². The molecule has 2 aliphatic heterocycles. The van der Waals surface area contributed by atoms with Crippen molar-refractivity contribution < 1.29 is 18.7 Å². The van der Waals surface area contributed by atoms with Crippen LogP contribution in [0.4, 0.5) is 0 Å². The molecule has 1 aromatic carbocycles. The largest absolute Gasteiger partial charge is 0.496 e. The smallest absolute Gasteiger partial charge is 0.251 e. The molecule has 8 nitrogen and oxygen atoms in total. The highest BCUT2D eigenvalue weighted by molar-refractivity contribution is 5.78. The topological polar surface area (TPSA) is 80.9 Å². The number of carbonyl (C=O) groups excluding carboxylic acids is 1. The Balaban J connectivity index is 1.42. The molecule has 0 bridgehead atoms. The van der Waals surface area contributed by atoms with Crippen molar-refractivity contribution in [2.24, 2.45) is 0 Å². The van der Waals surface area contributed by atoms with Crippen molar-refractivity contribution in [3.63, 3.8) is 0 Å². The number of morpholine rings is 1. The second kappa shape index (κ2) is 9.37. The Morgan fingerprint density at radius 3 is 2.83 bits per heavy atom. The lowest BCUT2D eigenvalue weighted by Crippen LogP contribution is -2.51. The number of amides is 1. The third kappa shape index (κ3) is 4.76. The van der Waals surface area contributed by atoms with Gasteiger partial charge < -0.3 is 18.8 Å². The van der Waals surface area contributed by atoms with Crippen LogP contribution >= 0.6 is 0 Å². The van der Waals surface area contributed by atoms with E-state index in [2.05, 4.69) is 15.1 Å². The van der Waals surface area contributed by atoms with Crippen LogP contribution in [0.1, 0.15) is 25.2 Å². The second-order valence-electron chi connectivity index (χ2n) is 7.53. The predicted octanol–water partition coefficient (Wildman–Crippen LogP) is 2.00. The highest BCUT2D eigenvalue weighted by Gasteiger charge is 2.29. The summed E-state index contributed by atoms with van der Waals surface area (Å²) in [4.78, 5) is 17.4. The number of aromatic nitrogens is 2. The maximum atomic E-state index is 13.0. The molecule has 0 radical (unpaired) electrons. The Bertz CT molecular complexity index is 819. The first kappa shape index (κ1) is 19.8. The van der Waals surface area contributed by atoms with E-state index in [0.29, 0.717) is 17.5 Å². The zero-order valence-electron chi connectivity index (χ0n) is 16.9. The van der Waals surface area contributed by atoms with E-state index < -0.39 is 0 Å². The summed E-state index contributed by atoms with van der Waals surface area (Å²) in [7, 11) is 1.60. The number of nitrogens with zero attached hydrogens (tertiary/aromatic N) is 4. The van der Waals surface area contributed by atoms with Gasteiger partial charge in [0.15, 0.2) is 0 Å². The number of hydrogen-bond donors (Lipinski definition) is 0. The molecule has 0 saturated carbocycles. The molecular weight excluding hydrogens is 372 g/mol. The molecule has 2 fully saturated rings. The number of likely N-dealkylation sites (tertiary alicyclic amines) is 1. The number of ether oxygens (including phenoxy) is 2. The summed E-state index contributed by atoms with van der Waals surface area (Å²) in [5, 5.41) is 8.21. The van der Waals surface area contributed by atoms with Gasteiger partial charge in [0.05, 0.1) is 25.9 Å². The van der Waals surface area contributed by atoms with Crippen molar-refractivity contribution in [2.75, 3.05) is 46.5 Å². The van der Waals surface area contributed by atoms with E-state index >= 15 is 0 Å². The minimum Gasteiger partial charge on any atom is -0.496 e. The van der Waals surface area contributed by atoms with E-state index in [4.69, 9.17) is 13.9 Å². The lowest BCUT2D eigenvalue weighted by Gasteiger charge is -2.39. The van der Waals surface area contributed by atoms with E-state index in [9.17, 15) is 4.79 Å². The first-order chi connectivity index (χ1) is 14.2. The van der Waals surface area contributed by atoms with E-state index in [0.717, 1.165) is 64.2 Å². The fourth-order valence-corrected chi connectivity index (χ4v) is 4.09. The molecule has 0 N–H and O–H groups in total. The van der Waals surface area contributed by atoms with Gasteiger partial charge in [0.2, 0.25) is 11.8 Å². The van der Waals surface area contributed by atoms with Crippen molar-refractivity contribution in [3.05, 3.63) is 30.2 Å². The summed E-state index contributed by atoms with van der Waals surface area (Å²) in [6.07, 6.45) is 3.38. The maximum absolute atomic E-state index is 13.0. The molecule has 0 aliphatic carbocycles. The van der Waals surface area contributed by atoms with Gasteiger partial charge in [0.1, 0.15) is 12.2 Å². The monoisotopic (exact) mass is 400 g/mol. The van der Waals surface area contributed by atoms with E-state index in [1.54, 1.807) is 7.11 Å². The van der Waals surface area contributed by atoms with Crippen LogP contribution < -0.4 is 4.74 Å². The second-order valence-corrected chi connectivity index (χ2v) is 7.53. The van der Waals surface area contributed by atoms with Crippen LogP contribution in [0.15, 0.2) is 28.7 Å². The maximum Gasteiger partial charge on any atom is 0.251 e. The van der Waals surface area contributed by atoms with Crippen LogP contribution in [-0.4, -0.2) is 78.4 Å². The lowest BCUT2D eigenvalue weighted by molar-refractivity contribution is -0.135. The molecule has 1 aromatic heterocycles. The summed E-state index contributed by atoms with van der Waals surface area (Å²) in [5.74, 6) is 1.43. The van der Waals surface area contributed by atoms with E-state index in [1.807, 2.05) is 29.2 Å². The fourth-order valence-electron chi connectivity index (χ4n) is 4.09. The Kier molecular flexibility index (Phi) is 6.41. The van der Waals surface area contributed by atoms with Gasteiger partial charge in [0, 0.05) is 32.2 Å². The zero-order valence-corrected chi connectivity index (χ0v) is 16.9. The van der Waals surface area contributed by atoms with Gasteiger partial charge in [-0.1, -0.05) is 12.1 Å². The van der Waals surface area contributed by atoms with Crippen LogP contribution in [0.5, 0.6) is 5.75 Å². The Morgan fingerprint density at radius 2 is 2.00 bits per heavy atom. The van der Waals surface area contributed by atoms with Gasteiger partial charge in [-0.15, -0.1) is 10.2 Å². The molecule has 2 aliphatic rings. The minimum absolute atomic E-state index is 0.0539. The lowest BCUT2D eigenvalue weighted by atomic mass is 10.0. The molecule has 1 atom stereocenters. The molecule has 8 heteroatoms. The quantitative estimate of drug-likeness (QED) is 0.734. The van der Waals surface area contributed by atoms with Crippen LogP contribution in [0, 0.1) is 0 Å². The van der Waals surface area contributed by atoms with Crippen LogP contribution in [0.25, 0.3) is 11.5 Å². The van der Waals surface area contributed by atoms with Crippen LogP contribution in [-0.2, 0) is 16.0 Å². The summed E-state index contributed by atoms with van der Waals surface area (Å²) >= 11 is 0. The van der Waals surface area contributed by atoms with Gasteiger partial charge in [-0.25, -0.2) is 0 Å². The molecular formula is C21H28N4O4. The Hall–Kier alpha value is -2.45. The highest BCUT2D eigenvalue weighted by Crippen LogP contribution is 2.28. The third-order valence-electron chi connectivity index (χ3n) is 5.63. The summed E-state index contributed by atoms with van der Waals surface area (Å²) in [5.41, 5.74) is 0.726. The molecule has 29 heavy (non-hydrogen) atoms. The molecule has 1 amide bonds. The van der Waals surface area contributed by atoms with Crippen molar-refractivity contribution >= 4 is 5.91 Å². The van der Waals surface area contributed by atoms with Crippen molar-refractivity contribution in [2.45, 2.75) is 31.7 Å². The number of piperidine rings is 1. The Morgan fingerprint density at radius 1 is 1.17 bits per heavy atom. The van der Waals surface area contributed by atoms with Crippen molar-refractivity contribution in [3.8, 4) is 17.2 Å². The first-order valence-electron chi connectivity index (χ1n) is 10.3. The molecule has 0 spiro atoms. The van der Waals surface area contributed by atoms with Gasteiger partial charge in [-0.2, -0.15) is 0 Å². The van der Waals surface area contributed by atoms with Gasteiger partial charge in [0.25, 0.3) is 5.89 Å². The molecule has 2 aromatic rings. The first-order valence-corrected chi connectivity index (χ1v) is 10.3. The SMILES string of the molecule is COc1ccccc1-c1nnc(CC(=O)N2CCCC[C@@H]2CN2CCOCC2)o1. The van der Waals surface area contributed by atoms with Gasteiger partial charge in [-0.3, -0.25) is 9.69 Å². The number of para-hydroxylation sites is 1. The standard InChI is InChI=1S/C21H28N4O4/c1-27-18-8-3-2-7-17(18)21-23-22-19(29-21)14-20(26)25-9-5-4-6-16(25)15-24-10-12-28-13-11-24/h2-3,7-8,16H,4-6,9-15H2,1H3/t16-/m1/s1. The normalized spacial score (nSPS) is 20.6. The summed E-state index contributed by atoms with van der Waals surface area (Å²) in [6, 6.07) is 7.71. The number of methoxy groups -OCH3 is 1. The molecule has 2 saturated heterocycles. The Labute approximate surface area is 170 Å². The average molecular weight is 400 g/mol. The molecule has 156 valence electrons. The zero-order chi connectivity index (χ0) is 20.1. The molecule has 3 heterocycles. The van der Waals surface area contributed by atoms with Gasteiger partial charge in [-0.05, 0) is 31.4 Å².